The van der Waals surface area contributed by atoms with Gasteiger partial charge in [0.15, 0.2) is 0 Å². The summed E-state index contributed by atoms with van der Waals surface area (Å²) in [6.45, 7) is 2.00. The van der Waals surface area contributed by atoms with Gasteiger partial charge in [0, 0.05) is 17.8 Å². The molecule has 0 saturated carbocycles. The van der Waals surface area contributed by atoms with Crippen LogP contribution in [0.15, 0.2) is 36.7 Å². The van der Waals surface area contributed by atoms with Crippen LogP contribution in [0.25, 0.3) is 10.9 Å². The molecule has 0 aliphatic heterocycles. The number of nitrogens with one attached hydrogen (secondary N) is 2. The van der Waals surface area contributed by atoms with Crippen LogP contribution in [-0.2, 0) is 0 Å². The molecule has 0 amide bonds. The van der Waals surface area contributed by atoms with Gasteiger partial charge in [0.05, 0.1) is 11.6 Å². The zero-order valence-corrected chi connectivity index (χ0v) is 11.0. The summed E-state index contributed by atoms with van der Waals surface area (Å²) in [7, 11) is 0. The molecule has 0 radical (unpaired) electrons. The normalized spacial score (nSPS) is 12.5. The van der Waals surface area contributed by atoms with E-state index in [2.05, 4.69) is 25.3 Å². The second kappa shape index (κ2) is 4.85. The zero-order chi connectivity index (χ0) is 13.2. The first-order chi connectivity index (χ1) is 9.24. The second-order valence-corrected chi connectivity index (χ2v) is 4.54. The SMILES string of the molecule is CC(Nc1nc(Cl)nc2ccccc12)c1ncc[nH]1. The minimum absolute atomic E-state index is 0.00405. The molecule has 19 heavy (non-hydrogen) atoms. The van der Waals surface area contributed by atoms with Crippen LogP contribution in [0.5, 0.6) is 0 Å². The molecule has 2 aromatic heterocycles. The predicted octanol–water partition coefficient (Wildman–Crippen LogP) is 3.18. The van der Waals surface area contributed by atoms with Gasteiger partial charge in [0.2, 0.25) is 5.28 Å². The number of hydrogen-bond donors (Lipinski definition) is 2. The summed E-state index contributed by atoms with van der Waals surface area (Å²) >= 11 is 5.95. The minimum Gasteiger partial charge on any atom is -0.360 e. The van der Waals surface area contributed by atoms with E-state index in [1.165, 1.54) is 0 Å². The smallest absolute Gasteiger partial charge is 0.224 e. The van der Waals surface area contributed by atoms with Gasteiger partial charge in [-0.25, -0.2) is 15.0 Å². The Bertz CT molecular complexity index is 695. The molecule has 0 aliphatic rings. The van der Waals surface area contributed by atoms with E-state index in [9.17, 15) is 0 Å². The van der Waals surface area contributed by atoms with Gasteiger partial charge >= 0.3 is 0 Å². The average molecular weight is 274 g/mol. The van der Waals surface area contributed by atoms with Crippen molar-refractivity contribution in [2.75, 3.05) is 5.32 Å². The van der Waals surface area contributed by atoms with Gasteiger partial charge in [-0.05, 0) is 30.7 Å². The highest BCUT2D eigenvalue weighted by molar-refractivity contribution is 6.28. The van der Waals surface area contributed by atoms with Gasteiger partial charge < -0.3 is 10.3 Å². The first kappa shape index (κ1) is 11.9. The van der Waals surface area contributed by atoms with Crippen molar-refractivity contribution in [3.63, 3.8) is 0 Å². The Hall–Kier alpha value is -2.14. The molecule has 0 bridgehead atoms. The molecule has 2 N–H and O–H groups in total. The van der Waals surface area contributed by atoms with Crippen molar-refractivity contribution in [2.24, 2.45) is 0 Å². The Morgan fingerprint density at radius 1 is 1.26 bits per heavy atom. The summed E-state index contributed by atoms with van der Waals surface area (Å²) in [6.07, 6.45) is 3.51. The lowest BCUT2D eigenvalue weighted by molar-refractivity contribution is 0.805. The average Bonchev–Trinajstić information content (AvgIpc) is 2.92. The number of benzene rings is 1. The van der Waals surface area contributed by atoms with Crippen LogP contribution >= 0.6 is 11.6 Å². The Kier molecular flexibility index (Phi) is 3.05. The van der Waals surface area contributed by atoms with Crippen molar-refractivity contribution in [1.29, 1.82) is 0 Å². The summed E-state index contributed by atoms with van der Waals surface area (Å²) < 4.78 is 0. The highest BCUT2D eigenvalue weighted by Gasteiger charge is 2.11. The van der Waals surface area contributed by atoms with E-state index in [4.69, 9.17) is 11.6 Å². The summed E-state index contributed by atoms with van der Waals surface area (Å²) in [5, 5.41) is 4.46. The third-order valence-corrected chi connectivity index (χ3v) is 3.03. The quantitative estimate of drug-likeness (QED) is 0.719. The lowest BCUT2D eigenvalue weighted by Crippen LogP contribution is -2.10. The predicted molar refractivity (Wildman–Crippen MR) is 75.2 cm³/mol. The van der Waals surface area contributed by atoms with Crippen molar-refractivity contribution < 1.29 is 0 Å². The van der Waals surface area contributed by atoms with Gasteiger partial charge in [0.1, 0.15) is 11.6 Å². The van der Waals surface area contributed by atoms with E-state index in [1.54, 1.807) is 12.4 Å². The van der Waals surface area contributed by atoms with Gasteiger partial charge in [-0.15, -0.1) is 0 Å². The number of anilines is 1. The summed E-state index contributed by atoms with van der Waals surface area (Å²) in [4.78, 5) is 15.7. The number of aromatic amines is 1. The minimum atomic E-state index is 0.00405. The van der Waals surface area contributed by atoms with Crippen LogP contribution in [0.1, 0.15) is 18.8 Å². The van der Waals surface area contributed by atoms with Crippen molar-refractivity contribution in [3.05, 3.63) is 47.8 Å². The van der Waals surface area contributed by atoms with Gasteiger partial charge in [-0.1, -0.05) is 12.1 Å². The second-order valence-electron chi connectivity index (χ2n) is 4.20. The van der Waals surface area contributed by atoms with Crippen molar-refractivity contribution in [1.82, 2.24) is 19.9 Å². The molecule has 0 fully saturated rings. The third-order valence-electron chi connectivity index (χ3n) is 2.86. The summed E-state index contributed by atoms with van der Waals surface area (Å²) in [6, 6.07) is 7.74. The van der Waals surface area contributed by atoms with E-state index in [-0.39, 0.29) is 11.3 Å². The number of nitrogens with zero attached hydrogens (tertiary/aromatic N) is 3. The topological polar surface area (TPSA) is 66.5 Å². The Morgan fingerprint density at radius 3 is 2.89 bits per heavy atom. The van der Waals surface area contributed by atoms with E-state index >= 15 is 0 Å². The van der Waals surface area contributed by atoms with Crippen LogP contribution < -0.4 is 5.32 Å². The van der Waals surface area contributed by atoms with Crippen molar-refractivity contribution in [3.8, 4) is 0 Å². The number of para-hydroxylation sites is 1. The Balaban J connectivity index is 2.00. The van der Waals surface area contributed by atoms with Gasteiger partial charge in [-0.3, -0.25) is 0 Å². The molecule has 1 aromatic carbocycles. The molecule has 1 atom stereocenters. The fourth-order valence-electron chi connectivity index (χ4n) is 1.95. The molecule has 6 heteroatoms. The van der Waals surface area contributed by atoms with E-state index < -0.39 is 0 Å². The molecule has 1 unspecified atom stereocenters. The number of rotatable bonds is 3. The van der Waals surface area contributed by atoms with E-state index in [1.807, 2.05) is 31.2 Å². The fourth-order valence-corrected chi connectivity index (χ4v) is 2.12. The molecule has 5 nitrogen and oxygen atoms in total. The molecule has 0 aliphatic carbocycles. The van der Waals surface area contributed by atoms with Crippen LogP contribution in [0, 0.1) is 0 Å². The highest BCUT2D eigenvalue weighted by atomic mass is 35.5. The van der Waals surface area contributed by atoms with Crippen molar-refractivity contribution >= 4 is 28.3 Å². The van der Waals surface area contributed by atoms with Crippen LogP contribution in [0.4, 0.5) is 5.82 Å². The number of imidazole rings is 1. The molecule has 2 heterocycles. The molecule has 0 spiro atoms. The lowest BCUT2D eigenvalue weighted by atomic mass is 10.2. The number of hydrogen-bond acceptors (Lipinski definition) is 4. The van der Waals surface area contributed by atoms with E-state index in [0.29, 0.717) is 5.82 Å². The molecular weight excluding hydrogens is 262 g/mol. The van der Waals surface area contributed by atoms with E-state index in [0.717, 1.165) is 16.7 Å². The maximum atomic E-state index is 5.95. The summed E-state index contributed by atoms with van der Waals surface area (Å²) in [5.41, 5.74) is 0.816. The number of H-pyrrole nitrogens is 1. The van der Waals surface area contributed by atoms with Gasteiger partial charge in [-0.2, -0.15) is 0 Å². The van der Waals surface area contributed by atoms with Gasteiger partial charge in [0.25, 0.3) is 0 Å². The third kappa shape index (κ3) is 2.37. The molecule has 0 saturated heterocycles. The zero-order valence-electron chi connectivity index (χ0n) is 10.3. The maximum Gasteiger partial charge on any atom is 0.224 e. The van der Waals surface area contributed by atoms with Crippen molar-refractivity contribution in [2.45, 2.75) is 13.0 Å². The summed E-state index contributed by atoms with van der Waals surface area (Å²) in [5.74, 6) is 1.55. The van der Waals surface area contributed by atoms with Crippen LogP contribution in [-0.4, -0.2) is 19.9 Å². The Labute approximate surface area is 115 Å². The number of fused-ring (bicyclic) bond motifs is 1. The first-order valence-electron chi connectivity index (χ1n) is 5.92. The Morgan fingerprint density at radius 2 is 2.11 bits per heavy atom. The molecule has 3 rings (SSSR count). The molecule has 3 aromatic rings. The number of aromatic nitrogens is 4. The standard InChI is InChI=1S/C13H12ClN5/c1-8(11-15-6-7-16-11)17-12-9-4-2-3-5-10(9)18-13(14)19-12/h2-8H,1H3,(H,15,16)(H,17,18,19). The largest absolute Gasteiger partial charge is 0.360 e. The number of halogens is 1. The molecule has 96 valence electrons. The first-order valence-corrected chi connectivity index (χ1v) is 6.30. The fraction of sp³-hybridized carbons (Fsp3) is 0.154. The monoisotopic (exact) mass is 273 g/mol. The van der Waals surface area contributed by atoms with Crippen LogP contribution in [0.2, 0.25) is 5.28 Å². The molecular formula is C13H12ClN5. The highest BCUT2D eigenvalue weighted by Crippen LogP contribution is 2.24. The lowest BCUT2D eigenvalue weighted by Gasteiger charge is -2.14. The van der Waals surface area contributed by atoms with Crippen LogP contribution in [0.3, 0.4) is 0 Å². The maximum absolute atomic E-state index is 5.95.